The van der Waals surface area contributed by atoms with Crippen LogP contribution in [0.25, 0.3) is 10.6 Å². The van der Waals surface area contributed by atoms with Gasteiger partial charge in [0.1, 0.15) is 5.01 Å². The second-order valence-electron chi connectivity index (χ2n) is 3.93. The molecule has 1 aromatic carbocycles. The summed E-state index contributed by atoms with van der Waals surface area (Å²) in [5, 5.41) is 5.10. The van der Waals surface area contributed by atoms with Crippen LogP contribution in [0.2, 0.25) is 5.02 Å². The van der Waals surface area contributed by atoms with Gasteiger partial charge in [0.2, 0.25) is 0 Å². The average Bonchev–Trinajstić information content (AvgIpc) is 2.81. The van der Waals surface area contributed by atoms with Crippen LogP contribution in [-0.2, 0) is 6.54 Å². The molecule has 0 aliphatic rings. The summed E-state index contributed by atoms with van der Waals surface area (Å²) >= 11 is 11.2. The number of benzene rings is 1. The first-order chi connectivity index (χ1) is 8.70. The van der Waals surface area contributed by atoms with Crippen LogP contribution >= 0.6 is 38.9 Å². The van der Waals surface area contributed by atoms with Gasteiger partial charge in [-0.15, -0.1) is 11.3 Å². The third kappa shape index (κ3) is 3.54. The van der Waals surface area contributed by atoms with Crippen LogP contribution < -0.4 is 5.32 Å². The molecule has 96 valence electrons. The molecule has 0 amide bonds. The van der Waals surface area contributed by atoms with E-state index in [4.69, 9.17) is 11.6 Å². The second-order valence-corrected chi connectivity index (χ2v) is 6.34. The lowest BCUT2D eigenvalue weighted by atomic mass is 10.2. The molecule has 2 nitrogen and oxygen atoms in total. The van der Waals surface area contributed by atoms with Gasteiger partial charge in [0.25, 0.3) is 0 Å². The molecule has 2 aromatic rings. The van der Waals surface area contributed by atoms with E-state index in [1.165, 1.54) is 4.88 Å². The average molecular weight is 346 g/mol. The molecule has 0 bridgehead atoms. The Kier molecular flexibility index (Phi) is 5.18. The lowest BCUT2D eigenvalue weighted by molar-refractivity contribution is 0.681. The van der Waals surface area contributed by atoms with Crippen molar-refractivity contribution in [3.63, 3.8) is 0 Å². The Morgan fingerprint density at radius 3 is 3.06 bits per heavy atom. The van der Waals surface area contributed by atoms with E-state index in [2.05, 4.69) is 33.2 Å². The van der Waals surface area contributed by atoms with Crippen LogP contribution in [0, 0.1) is 0 Å². The van der Waals surface area contributed by atoms with E-state index in [0.717, 1.165) is 39.6 Å². The lowest BCUT2D eigenvalue weighted by Crippen LogP contribution is -2.12. The highest BCUT2D eigenvalue weighted by Gasteiger charge is 2.08. The fourth-order valence-electron chi connectivity index (χ4n) is 1.56. The van der Waals surface area contributed by atoms with Crippen LogP contribution in [0.5, 0.6) is 0 Å². The van der Waals surface area contributed by atoms with E-state index < -0.39 is 0 Å². The SMILES string of the molecule is CCCNCc1cnc(-c2cc(Cl)ccc2Br)s1. The first-order valence-electron chi connectivity index (χ1n) is 5.81. The topological polar surface area (TPSA) is 24.9 Å². The Morgan fingerprint density at radius 2 is 2.28 bits per heavy atom. The summed E-state index contributed by atoms with van der Waals surface area (Å²) in [6, 6.07) is 5.76. The summed E-state index contributed by atoms with van der Waals surface area (Å²) in [6.07, 6.45) is 3.07. The van der Waals surface area contributed by atoms with Crippen molar-refractivity contribution < 1.29 is 0 Å². The zero-order valence-electron chi connectivity index (χ0n) is 10.0. The molecule has 2 rings (SSSR count). The fraction of sp³-hybridized carbons (Fsp3) is 0.308. The van der Waals surface area contributed by atoms with E-state index in [0.29, 0.717) is 0 Å². The van der Waals surface area contributed by atoms with Crippen molar-refractivity contribution in [3.8, 4) is 10.6 Å². The molecule has 0 radical (unpaired) electrons. The first kappa shape index (κ1) is 14.0. The van der Waals surface area contributed by atoms with Crippen molar-refractivity contribution in [2.45, 2.75) is 19.9 Å². The molecule has 0 saturated heterocycles. The second kappa shape index (κ2) is 6.66. The Labute approximate surface area is 125 Å². The summed E-state index contributed by atoms with van der Waals surface area (Å²) in [6.45, 7) is 4.08. The number of rotatable bonds is 5. The van der Waals surface area contributed by atoms with E-state index >= 15 is 0 Å². The minimum absolute atomic E-state index is 0.731. The van der Waals surface area contributed by atoms with E-state index in [9.17, 15) is 0 Å². The molecule has 0 aliphatic carbocycles. The van der Waals surface area contributed by atoms with Gasteiger partial charge in [-0.05, 0) is 31.2 Å². The van der Waals surface area contributed by atoms with E-state index in [-0.39, 0.29) is 0 Å². The Hall–Kier alpha value is -0.420. The van der Waals surface area contributed by atoms with E-state index in [1.807, 2.05) is 24.4 Å². The molecule has 1 N–H and O–H groups in total. The number of hydrogen-bond donors (Lipinski definition) is 1. The predicted molar refractivity (Wildman–Crippen MR) is 82.3 cm³/mol. The number of thiazole rings is 1. The van der Waals surface area contributed by atoms with Gasteiger partial charge < -0.3 is 5.32 Å². The minimum Gasteiger partial charge on any atom is -0.312 e. The smallest absolute Gasteiger partial charge is 0.124 e. The summed E-state index contributed by atoms with van der Waals surface area (Å²) < 4.78 is 1.02. The van der Waals surface area contributed by atoms with Crippen LogP contribution in [-0.4, -0.2) is 11.5 Å². The van der Waals surface area contributed by atoms with Gasteiger partial charge in [0.15, 0.2) is 0 Å². The summed E-state index contributed by atoms with van der Waals surface area (Å²) in [7, 11) is 0. The van der Waals surface area contributed by atoms with Gasteiger partial charge in [-0.3, -0.25) is 0 Å². The largest absolute Gasteiger partial charge is 0.312 e. The zero-order valence-corrected chi connectivity index (χ0v) is 13.2. The maximum Gasteiger partial charge on any atom is 0.124 e. The number of aromatic nitrogens is 1. The lowest BCUT2D eigenvalue weighted by Gasteiger charge is -2.01. The normalized spacial score (nSPS) is 10.8. The monoisotopic (exact) mass is 344 g/mol. The van der Waals surface area contributed by atoms with Crippen LogP contribution in [0.4, 0.5) is 0 Å². The van der Waals surface area contributed by atoms with Crippen molar-refractivity contribution in [3.05, 3.63) is 38.8 Å². The molecular formula is C13H14BrClN2S. The van der Waals surface area contributed by atoms with Gasteiger partial charge in [0.05, 0.1) is 0 Å². The van der Waals surface area contributed by atoms with Crippen molar-refractivity contribution in [1.82, 2.24) is 10.3 Å². The zero-order chi connectivity index (χ0) is 13.0. The minimum atomic E-state index is 0.731. The number of hydrogen-bond acceptors (Lipinski definition) is 3. The summed E-state index contributed by atoms with van der Waals surface area (Å²) in [5.41, 5.74) is 1.05. The van der Waals surface area contributed by atoms with Crippen LogP contribution in [0.3, 0.4) is 0 Å². The van der Waals surface area contributed by atoms with Gasteiger partial charge in [-0.2, -0.15) is 0 Å². The molecule has 1 heterocycles. The Morgan fingerprint density at radius 1 is 1.44 bits per heavy atom. The van der Waals surface area contributed by atoms with Gasteiger partial charge in [-0.1, -0.05) is 34.5 Å². The number of nitrogens with zero attached hydrogens (tertiary/aromatic N) is 1. The van der Waals surface area contributed by atoms with Gasteiger partial charge in [-0.25, -0.2) is 4.98 Å². The van der Waals surface area contributed by atoms with Crippen molar-refractivity contribution >= 4 is 38.9 Å². The van der Waals surface area contributed by atoms with Crippen molar-refractivity contribution in [2.24, 2.45) is 0 Å². The molecule has 5 heteroatoms. The summed E-state index contributed by atoms with van der Waals surface area (Å²) in [5.74, 6) is 0. The maximum absolute atomic E-state index is 6.02. The van der Waals surface area contributed by atoms with Crippen molar-refractivity contribution in [1.29, 1.82) is 0 Å². The molecular weight excluding hydrogens is 332 g/mol. The molecule has 0 unspecified atom stereocenters. The third-order valence-corrected chi connectivity index (χ3v) is 4.40. The molecule has 0 aliphatic heterocycles. The van der Waals surface area contributed by atoms with Gasteiger partial charge >= 0.3 is 0 Å². The van der Waals surface area contributed by atoms with Gasteiger partial charge in [0, 0.05) is 32.7 Å². The summed E-state index contributed by atoms with van der Waals surface area (Å²) in [4.78, 5) is 5.70. The predicted octanol–water partition coefficient (Wildman–Crippen LogP) is 4.73. The first-order valence-corrected chi connectivity index (χ1v) is 7.80. The fourth-order valence-corrected chi connectivity index (χ4v) is 3.21. The highest BCUT2D eigenvalue weighted by molar-refractivity contribution is 9.10. The molecule has 0 saturated carbocycles. The quantitative estimate of drug-likeness (QED) is 0.793. The molecule has 18 heavy (non-hydrogen) atoms. The molecule has 0 atom stereocenters. The Balaban J connectivity index is 2.16. The number of halogens is 2. The highest BCUT2D eigenvalue weighted by Crippen LogP contribution is 2.33. The molecule has 1 aromatic heterocycles. The van der Waals surface area contributed by atoms with Crippen LogP contribution in [0.15, 0.2) is 28.9 Å². The van der Waals surface area contributed by atoms with Crippen molar-refractivity contribution in [2.75, 3.05) is 6.54 Å². The maximum atomic E-state index is 6.02. The molecule has 0 spiro atoms. The highest BCUT2D eigenvalue weighted by atomic mass is 79.9. The van der Waals surface area contributed by atoms with E-state index in [1.54, 1.807) is 11.3 Å². The Bertz CT molecular complexity index is 527. The molecule has 0 fully saturated rings. The number of nitrogens with one attached hydrogen (secondary N) is 1. The standard InChI is InChI=1S/C13H14BrClN2S/c1-2-5-16-7-10-8-17-13(18-10)11-6-9(15)3-4-12(11)14/h3-4,6,8,16H,2,5,7H2,1H3. The van der Waals surface area contributed by atoms with Crippen LogP contribution in [0.1, 0.15) is 18.2 Å². The third-order valence-electron chi connectivity index (χ3n) is 2.44.